The average molecular weight is 285 g/mol. The number of hydrogen-bond acceptors (Lipinski definition) is 3. The summed E-state index contributed by atoms with van der Waals surface area (Å²) in [6, 6.07) is 7.28. The molecule has 1 aromatic carbocycles. The lowest BCUT2D eigenvalue weighted by Gasteiger charge is -2.22. The van der Waals surface area contributed by atoms with E-state index in [9.17, 15) is 4.79 Å². The molecule has 1 rings (SSSR count). The number of carbonyl (C=O) groups excluding carboxylic acids is 1. The molecule has 0 aliphatic heterocycles. The maximum atomic E-state index is 12.0. The van der Waals surface area contributed by atoms with Crippen LogP contribution in [0.15, 0.2) is 24.3 Å². The van der Waals surface area contributed by atoms with Gasteiger partial charge in [-0.05, 0) is 18.6 Å². The molecule has 4 nitrogen and oxygen atoms in total. The molecular formula is C14H21ClN2O2. The van der Waals surface area contributed by atoms with Crippen LogP contribution in [-0.2, 0) is 4.79 Å². The Labute approximate surface area is 119 Å². The molecule has 0 heterocycles. The molecule has 1 unspecified atom stereocenters. The molecule has 1 aromatic rings. The van der Waals surface area contributed by atoms with E-state index in [0.29, 0.717) is 30.5 Å². The van der Waals surface area contributed by atoms with Gasteiger partial charge in [-0.1, -0.05) is 30.7 Å². The van der Waals surface area contributed by atoms with Gasteiger partial charge < -0.3 is 15.4 Å². The van der Waals surface area contributed by atoms with Crippen molar-refractivity contribution in [3.63, 3.8) is 0 Å². The summed E-state index contributed by atoms with van der Waals surface area (Å²) in [5.41, 5.74) is 5.57. The lowest BCUT2D eigenvalue weighted by atomic mass is 10.1. The van der Waals surface area contributed by atoms with Gasteiger partial charge in [0.2, 0.25) is 5.91 Å². The van der Waals surface area contributed by atoms with Gasteiger partial charge in [-0.3, -0.25) is 4.79 Å². The first-order valence-corrected chi connectivity index (χ1v) is 6.80. The van der Waals surface area contributed by atoms with Crippen molar-refractivity contribution in [2.45, 2.75) is 13.3 Å². The number of carbonyl (C=O) groups is 1. The molecule has 1 atom stereocenters. The van der Waals surface area contributed by atoms with Gasteiger partial charge >= 0.3 is 0 Å². The van der Waals surface area contributed by atoms with Crippen LogP contribution in [0.2, 0.25) is 5.02 Å². The minimum absolute atomic E-state index is 0.0627. The van der Waals surface area contributed by atoms with E-state index < -0.39 is 0 Å². The largest absolute Gasteiger partial charge is 0.490 e. The molecule has 0 fully saturated rings. The summed E-state index contributed by atoms with van der Waals surface area (Å²) in [7, 11) is 1.76. The van der Waals surface area contributed by atoms with Crippen LogP contribution >= 0.6 is 11.6 Å². The summed E-state index contributed by atoms with van der Waals surface area (Å²) in [6.07, 6.45) is 0.755. The SMILES string of the molecule is CCC(CN)C(=O)N(C)CCOc1ccccc1Cl. The number of hydrogen-bond donors (Lipinski definition) is 1. The minimum atomic E-state index is -0.106. The van der Waals surface area contributed by atoms with Crippen molar-refractivity contribution in [3.05, 3.63) is 29.3 Å². The van der Waals surface area contributed by atoms with Gasteiger partial charge in [-0.2, -0.15) is 0 Å². The van der Waals surface area contributed by atoms with Crippen molar-refractivity contribution in [2.24, 2.45) is 11.7 Å². The molecule has 0 bridgehead atoms. The van der Waals surface area contributed by atoms with Crippen LogP contribution in [0.4, 0.5) is 0 Å². The number of benzene rings is 1. The van der Waals surface area contributed by atoms with Crippen LogP contribution in [0.25, 0.3) is 0 Å². The van der Waals surface area contributed by atoms with Crippen LogP contribution < -0.4 is 10.5 Å². The summed E-state index contributed by atoms with van der Waals surface area (Å²) in [5.74, 6) is 0.592. The Morgan fingerprint density at radius 2 is 2.16 bits per heavy atom. The lowest BCUT2D eigenvalue weighted by molar-refractivity contribution is -0.134. The molecule has 5 heteroatoms. The topological polar surface area (TPSA) is 55.6 Å². The van der Waals surface area contributed by atoms with Gasteiger partial charge in [0.25, 0.3) is 0 Å². The normalized spacial score (nSPS) is 12.0. The Kier molecular flexibility index (Phi) is 6.67. The fourth-order valence-corrected chi connectivity index (χ4v) is 1.91. The molecular weight excluding hydrogens is 264 g/mol. The van der Waals surface area contributed by atoms with Gasteiger partial charge in [-0.25, -0.2) is 0 Å². The van der Waals surface area contributed by atoms with Crippen molar-refractivity contribution in [1.82, 2.24) is 4.90 Å². The molecule has 19 heavy (non-hydrogen) atoms. The van der Waals surface area contributed by atoms with Gasteiger partial charge in [0.05, 0.1) is 17.5 Å². The molecule has 0 saturated heterocycles. The highest BCUT2D eigenvalue weighted by atomic mass is 35.5. The van der Waals surface area contributed by atoms with Gasteiger partial charge in [-0.15, -0.1) is 0 Å². The Balaban J connectivity index is 2.41. The number of likely N-dealkylation sites (N-methyl/N-ethyl adjacent to an activating group) is 1. The Hall–Kier alpha value is -1.26. The quantitative estimate of drug-likeness (QED) is 0.835. The third-order valence-electron chi connectivity index (χ3n) is 3.02. The van der Waals surface area contributed by atoms with E-state index in [-0.39, 0.29) is 11.8 Å². The van der Waals surface area contributed by atoms with Crippen molar-refractivity contribution in [3.8, 4) is 5.75 Å². The van der Waals surface area contributed by atoms with Crippen molar-refractivity contribution >= 4 is 17.5 Å². The maximum absolute atomic E-state index is 12.0. The highest BCUT2D eigenvalue weighted by Gasteiger charge is 2.18. The zero-order valence-corrected chi connectivity index (χ0v) is 12.2. The van der Waals surface area contributed by atoms with E-state index in [1.807, 2.05) is 19.1 Å². The smallest absolute Gasteiger partial charge is 0.226 e. The predicted octanol–water partition coefficient (Wildman–Crippen LogP) is 2.16. The van der Waals surface area contributed by atoms with E-state index >= 15 is 0 Å². The van der Waals surface area contributed by atoms with Gasteiger partial charge in [0.1, 0.15) is 12.4 Å². The molecule has 0 aliphatic rings. The molecule has 1 amide bonds. The van der Waals surface area contributed by atoms with Crippen LogP contribution in [-0.4, -0.2) is 37.6 Å². The first-order valence-electron chi connectivity index (χ1n) is 6.42. The van der Waals surface area contributed by atoms with E-state index in [1.54, 1.807) is 24.1 Å². The second-order valence-corrected chi connectivity index (χ2v) is 4.79. The summed E-state index contributed by atoms with van der Waals surface area (Å²) < 4.78 is 5.55. The standard InChI is InChI=1S/C14H21ClN2O2/c1-3-11(10-16)14(18)17(2)8-9-19-13-7-5-4-6-12(13)15/h4-7,11H,3,8-10,16H2,1-2H3. The number of nitrogens with zero attached hydrogens (tertiary/aromatic N) is 1. The Morgan fingerprint density at radius 1 is 1.47 bits per heavy atom. The second-order valence-electron chi connectivity index (χ2n) is 4.38. The van der Waals surface area contributed by atoms with Crippen LogP contribution in [0.3, 0.4) is 0 Å². The predicted molar refractivity (Wildman–Crippen MR) is 77.4 cm³/mol. The summed E-state index contributed by atoms with van der Waals surface area (Å²) in [4.78, 5) is 13.6. The first kappa shape index (κ1) is 15.8. The van der Waals surface area contributed by atoms with Gasteiger partial charge in [0, 0.05) is 13.6 Å². The van der Waals surface area contributed by atoms with E-state index in [2.05, 4.69) is 0 Å². The summed E-state index contributed by atoms with van der Waals surface area (Å²) in [5, 5.41) is 0.574. The third kappa shape index (κ3) is 4.73. The van der Waals surface area contributed by atoms with Gasteiger partial charge in [0.15, 0.2) is 0 Å². The molecule has 106 valence electrons. The number of nitrogens with two attached hydrogens (primary N) is 1. The zero-order chi connectivity index (χ0) is 14.3. The molecule has 0 spiro atoms. The number of halogens is 1. The molecule has 0 radical (unpaired) electrons. The van der Waals surface area contributed by atoms with Crippen LogP contribution in [0, 0.1) is 5.92 Å². The number of rotatable bonds is 7. The highest BCUT2D eigenvalue weighted by molar-refractivity contribution is 6.32. The second kappa shape index (κ2) is 8.02. The minimum Gasteiger partial charge on any atom is -0.490 e. The number of amides is 1. The van der Waals surface area contributed by atoms with Crippen molar-refractivity contribution < 1.29 is 9.53 Å². The average Bonchev–Trinajstić information content (AvgIpc) is 2.42. The zero-order valence-electron chi connectivity index (χ0n) is 11.4. The van der Waals surface area contributed by atoms with E-state index in [1.165, 1.54) is 0 Å². The summed E-state index contributed by atoms with van der Waals surface area (Å²) in [6.45, 7) is 3.27. The summed E-state index contributed by atoms with van der Waals surface area (Å²) >= 11 is 5.98. The van der Waals surface area contributed by atoms with Crippen molar-refractivity contribution in [1.29, 1.82) is 0 Å². The van der Waals surface area contributed by atoms with Crippen molar-refractivity contribution in [2.75, 3.05) is 26.7 Å². The molecule has 2 N–H and O–H groups in total. The number of ether oxygens (including phenoxy) is 1. The number of para-hydroxylation sites is 1. The van der Waals surface area contributed by atoms with E-state index in [4.69, 9.17) is 22.1 Å². The fourth-order valence-electron chi connectivity index (χ4n) is 1.72. The molecule has 0 saturated carbocycles. The Morgan fingerprint density at radius 3 is 2.74 bits per heavy atom. The molecule has 0 aromatic heterocycles. The highest BCUT2D eigenvalue weighted by Crippen LogP contribution is 2.22. The van der Waals surface area contributed by atoms with E-state index in [0.717, 1.165) is 6.42 Å². The lowest BCUT2D eigenvalue weighted by Crippen LogP contribution is -2.38. The first-order chi connectivity index (χ1) is 9.10. The third-order valence-corrected chi connectivity index (χ3v) is 3.34. The van der Waals surface area contributed by atoms with Crippen LogP contribution in [0.5, 0.6) is 5.75 Å². The fraction of sp³-hybridized carbons (Fsp3) is 0.500. The molecule has 0 aliphatic carbocycles. The monoisotopic (exact) mass is 284 g/mol. The maximum Gasteiger partial charge on any atom is 0.226 e. The Bertz CT molecular complexity index is 408. The van der Waals surface area contributed by atoms with Crippen LogP contribution in [0.1, 0.15) is 13.3 Å².